The molecule has 1 amide bonds. The summed E-state index contributed by atoms with van der Waals surface area (Å²) in [6.07, 6.45) is 3.47. The van der Waals surface area contributed by atoms with Gasteiger partial charge in [-0.15, -0.1) is 24.0 Å². The van der Waals surface area contributed by atoms with Crippen molar-refractivity contribution in [1.82, 2.24) is 20.0 Å². The monoisotopic (exact) mass is 506 g/mol. The Morgan fingerprint density at radius 2 is 2.19 bits per heavy atom. The second-order valence-electron chi connectivity index (χ2n) is 5.94. The lowest BCUT2D eigenvalue weighted by Gasteiger charge is -2.35. The molecule has 1 aliphatic heterocycles. The van der Waals surface area contributed by atoms with Crippen molar-refractivity contribution in [2.24, 2.45) is 12.0 Å². The van der Waals surface area contributed by atoms with Crippen LogP contribution in [0.2, 0.25) is 5.02 Å². The minimum absolute atomic E-state index is 0. The van der Waals surface area contributed by atoms with E-state index in [0.29, 0.717) is 29.6 Å². The summed E-state index contributed by atoms with van der Waals surface area (Å²) in [5.74, 6) is 0.109. The Labute approximate surface area is 179 Å². The van der Waals surface area contributed by atoms with Crippen molar-refractivity contribution in [3.63, 3.8) is 0 Å². The number of carbonyl (C=O) groups excluding carboxylic acids is 1. The zero-order valence-corrected chi connectivity index (χ0v) is 18.1. The van der Waals surface area contributed by atoms with Crippen molar-refractivity contribution in [2.45, 2.75) is 6.54 Å². The summed E-state index contributed by atoms with van der Waals surface area (Å²) < 4.78 is 15.6. The van der Waals surface area contributed by atoms with Crippen molar-refractivity contribution in [3.8, 4) is 0 Å². The number of guanidine groups is 1. The van der Waals surface area contributed by atoms with Gasteiger partial charge in [0.2, 0.25) is 5.91 Å². The second-order valence-corrected chi connectivity index (χ2v) is 6.35. The molecule has 3 rings (SSSR count). The van der Waals surface area contributed by atoms with Crippen LogP contribution in [0.3, 0.4) is 0 Å². The molecular formula is C17H21ClFIN6O. The van der Waals surface area contributed by atoms with Gasteiger partial charge < -0.3 is 15.1 Å². The van der Waals surface area contributed by atoms with E-state index in [-0.39, 0.29) is 48.8 Å². The van der Waals surface area contributed by atoms with Crippen LogP contribution in [-0.4, -0.2) is 53.2 Å². The van der Waals surface area contributed by atoms with Gasteiger partial charge in [0, 0.05) is 50.5 Å². The van der Waals surface area contributed by atoms with Crippen LogP contribution in [0.4, 0.5) is 10.1 Å². The molecular weight excluding hydrogens is 486 g/mol. The normalized spacial score (nSPS) is 15.0. The molecule has 0 atom stereocenters. The minimum atomic E-state index is -0.377. The van der Waals surface area contributed by atoms with E-state index in [4.69, 9.17) is 11.6 Å². The standard InChI is InChI=1S/C17H20ClFN6O.HI/c1-20-17(21-9-13-14(18)4-3-5-15(13)19)24-6-7-25(16(26)11-24)12-8-22-23(2)10-12;/h3-5,8,10H,6-7,9,11H2,1-2H3,(H,20,21);1H. The van der Waals surface area contributed by atoms with Gasteiger partial charge in [-0.05, 0) is 12.1 Å². The molecule has 1 aromatic carbocycles. The van der Waals surface area contributed by atoms with Gasteiger partial charge in [-0.3, -0.25) is 14.5 Å². The Morgan fingerprint density at radius 3 is 2.78 bits per heavy atom. The van der Waals surface area contributed by atoms with E-state index in [1.165, 1.54) is 6.07 Å². The number of halogens is 3. The summed E-state index contributed by atoms with van der Waals surface area (Å²) >= 11 is 6.05. The SMILES string of the molecule is CN=C(NCc1c(F)cccc1Cl)N1CCN(c2cnn(C)c2)C(=O)C1.I. The summed E-state index contributed by atoms with van der Waals surface area (Å²) in [7, 11) is 3.44. The number of nitrogens with zero attached hydrogens (tertiary/aromatic N) is 5. The van der Waals surface area contributed by atoms with Gasteiger partial charge in [0.25, 0.3) is 0 Å². The lowest BCUT2D eigenvalue weighted by Crippen LogP contribution is -2.55. The fourth-order valence-corrected chi connectivity index (χ4v) is 3.11. The van der Waals surface area contributed by atoms with Crippen molar-refractivity contribution >= 4 is 53.1 Å². The van der Waals surface area contributed by atoms with E-state index < -0.39 is 0 Å². The number of aryl methyl sites for hydroxylation is 1. The van der Waals surface area contributed by atoms with Gasteiger partial charge in [-0.1, -0.05) is 17.7 Å². The first kappa shape index (κ1) is 21.4. The van der Waals surface area contributed by atoms with Crippen molar-refractivity contribution in [1.29, 1.82) is 0 Å². The Kier molecular flexibility index (Phi) is 7.42. The third-order valence-electron chi connectivity index (χ3n) is 4.22. The van der Waals surface area contributed by atoms with Crippen LogP contribution in [0, 0.1) is 5.82 Å². The summed E-state index contributed by atoms with van der Waals surface area (Å²) in [6.45, 7) is 1.49. The molecule has 0 bridgehead atoms. The predicted octanol–water partition coefficient (Wildman–Crippen LogP) is 2.25. The summed E-state index contributed by atoms with van der Waals surface area (Å²) in [6, 6.07) is 4.56. The van der Waals surface area contributed by atoms with E-state index in [0.717, 1.165) is 5.69 Å². The molecule has 2 heterocycles. The highest BCUT2D eigenvalue weighted by molar-refractivity contribution is 14.0. The van der Waals surface area contributed by atoms with Gasteiger partial charge >= 0.3 is 0 Å². The number of hydrogen-bond donors (Lipinski definition) is 1. The van der Waals surface area contributed by atoms with Crippen LogP contribution in [0.25, 0.3) is 0 Å². The molecule has 0 radical (unpaired) electrons. The molecule has 1 saturated heterocycles. The predicted molar refractivity (Wildman–Crippen MR) is 114 cm³/mol. The smallest absolute Gasteiger partial charge is 0.246 e. The van der Waals surface area contributed by atoms with E-state index >= 15 is 0 Å². The molecule has 2 aromatic rings. The highest BCUT2D eigenvalue weighted by Gasteiger charge is 2.27. The van der Waals surface area contributed by atoms with Crippen molar-refractivity contribution in [3.05, 3.63) is 47.0 Å². The average molecular weight is 507 g/mol. The number of aromatic nitrogens is 2. The van der Waals surface area contributed by atoms with Crippen LogP contribution in [-0.2, 0) is 18.4 Å². The average Bonchev–Trinajstić information content (AvgIpc) is 3.04. The maximum absolute atomic E-state index is 13.9. The zero-order chi connectivity index (χ0) is 18.7. The first-order chi connectivity index (χ1) is 12.5. The molecule has 1 fully saturated rings. The molecule has 0 unspecified atom stereocenters. The van der Waals surface area contributed by atoms with E-state index in [1.54, 1.807) is 41.2 Å². The quantitative estimate of drug-likeness (QED) is 0.394. The van der Waals surface area contributed by atoms with Crippen LogP contribution < -0.4 is 10.2 Å². The number of hydrogen-bond acceptors (Lipinski definition) is 3. The van der Waals surface area contributed by atoms with Gasteiger partial charge in [0.05, 0.1) is 11.9 Å². The second kappa shape index (κ2) is 9.36. The van der Waals surface area contributed by atoms with Gasteiger partial charge in [0.15, 0.2) is 5.96 Å². The van der Waals surface area contributed by atoms with Gasteiger partial charge in [0.1, 0.15) is 12.4 Å². The van der Waals surface area contributed by atoms with Crippen LogP contribution in [0.1, 0.15) is 5.56 Å². The lowest BCUT2D eigenvalue weighted by molar-refractivity contribution is -0.120. The topological polar surface area (TPSA) is 65.8 Å². The molecule has 27 heavy (non-hydrogen) atoms. The number of piperazine rings is 1. The van der Waals surface area contributed by atoms with E-state index in [9.17, 15) is 9.18 Å². The molecule has 1 aromatic heterocycles. The van der Waals surface area contributed by atoms with Gasteiger partial charge in [-0.25, -0.2) is 4.39 Å². The first-order valence-electron chi connectivity index (χ1n) is 8.17. The molecule has 0 spiro atoms. The number of benzene rings is 1. The van der Waals surface area contributed by atoms with Gasteiger partial charge in [-0.2, -0.15) is 5.10 Å². The van der Waals surface area contributed by atoms with Crippen LogP contribution in [0.5, 0.6) is 0 Å². The number of rotatable bonds is 3. The Hall–Kier alpha value is -1.88. The fraction of sp³-hybridized carbons (Fsp3) is 0.353. The van der Waals surface area contributed by atoms with Crippen LogP contribution >= 0.6 is 35.6 Å². The molecule has 1 N–H and O–H groups in total. The number of nitrogens with one attached hydrogen (secondary N) is 1. The van der Waals surface area contributed by atoms with Crippen LogP contribution in [0.15, 0.2) is 35.6 Å². The van der Waals surface area contributed by atoms with E-state index in [1.807, 2.05) is 11.9 Å². The third-order valence-corrected chi connectivity index (χ3v) is 4.57. The fourth-order valence-electron chi connectivity index (χ4n) is 2.88. The summed E-state index contributed by atoms with van der Waals surface area (Å²) in [5.41, 5.74) is 1.15. The zero-order valence-electron chi connectivity index (χ0n) is 15.0. The Morgan fingerprint density at radius 1 is 1.41 bits per heavy atom. The molecule has 0 saturated carbocycles. The largest absolute Gasteiger partial charge is 0.352 e. The van der Waals surface area contributed by atoms with Crippen molar-refractivity contribution in [2.75, 3.05) is 31.6 Å². The molecule has 7 nitrogen and oxygen atoms in total. The Balaban J connectivity index is 0.00000261. The maximum atomic E-state index is 13.9. The molecule has 146 valence electrons. The number of carbonyl (C=O) groups is 1. The molecule has 10 heteroatoms. The highest BCUT2D eigenvalue weighted by atomic mass is 127. The maximum Gasteiger partial charge on any atom is 0.246 e. The summed E-state index contributed by atoms with van der Waals surface area (Å²) in [4.78, 5) is 20.2. The minimum Gasteiger partial charge on any atom is -0.352 e. The third kappa shape index (κ3) is 4.89. The first-order valence-corrected chi connectivity index (χ1v) is 8.55. The summed E-state index contributed by atoms with van der Waals surface area (Å²) in [5, 5.41) is 7.53. The number of aliphatic imine (C=N–C) groups is 1. The molecule has 1 aliphatic rings. The molecule has 0 aliphatic carbocycles. The van der Waals surface area contributed by atoms with E-state index in [2.05, 4.69) is 15.4 Å². The highest BCUT2D eigenvalue weighted by Crippen LogP contribution is 2.19. The number of anilines is 1. The van der Waals surface area contributed by atoms with Crippen molar-refractivity contribution < 1.29 is 9.18 Å². The lowest BCUT2D eigenvalue weighted by atomic mass is 10.2. The number of amides is 1. The Bertz CT molecular complexity index is 822.